The number of ketones is 2. The van der Waals surface area contributed by atoms with Crippen molar-refractivity contribution in [2.75, 3.05) is 0 Å². The van der Waals surface area contributed by atoms with E-state index in [0.29, 0.717) is 27.8 Å². The minimum Gasteiger partial charge on any atom is -0.355 e. The third kappa shape index (κ3) is 3.88. The maximum atomic E-state index is 12.8. The summed E-state index contributed by atoms with van der Waals surface area (Å²) in [5.74, 6) is 0.551. The van der Waals surface area contributed by atoms with Crippen molar-refractivity contribution < 1.29 is 9.59 Å². The van der Waals surface area contributed by atoms with E-state index in [0.717, 1.165) is 11.3 Å². The molecule has 6 nitrogen and oxygen atoms in total. The summed E-state index contributed by atoms with van der Waals surface area (Å²) in [7, 11) is 0. The summed E-state index contributed by atoms with van der Waals surface area (Å²) in [6, 6.07) is 7.99. The molecule has 0 saturated carbocycles. The normalized spacial score (nSPS) is 12.2. The summed E-state index contributed by atoms with van der Waals surface area (Å²) < 4.78 is 0. The predicted octanol–water partition coefficient (Wildman–Crippen LogP) is 4.29. The summed E-state index contributed by atoms with van der Waals surface area (Å²) in [4.78, 5) is 32.2. The fourth-order valence-corrected chi connectivity index (χ4v) is 3.86. The Hall–Kier alpha value is -2.67. The molecule has 27 heavy (non-hydrogen) atoms. The zero-order valence-electron chi connectivity index (χ0n) is 16.0. The van der Waals surface area contributed by atoms with Gasteiger partial charge < -0.3 is 4.98 Å². The Morgan fingerprint density at radius 2 is 1.78 bits per heavy atom. The third-order valence-electron chi connectivity index (χ3n) is 4.48. The lowest BCUT2D eigenvalue weighted by Gasteiger charge is -2.07. The largest absolute Gasteiger partial charge is 0.355 e. The van der Waals surface area contributed by atoms with Gasteiger partial charge in [-0.1, -0.05) is 41.6 Å². The number of H-pyrrole nitrogens is 2. The Balaban J connectivity index is 1.77. The maximum Gasteiger partial charge on any atom is 0.209 e. The minimum absolute atomic E-state index is 0.0442. The Kier molecular flexibility index (Phi) is 5.32. The van der Waals surface area contributed by atoms with Crippen LogP contribution >= 0.6 is 11.8 Å². The summed E-state index contributed by atoms with van der Waals surface area (Å²) in [5.41, 5.74) is 4.62. The fourth-order valence-electron chi connectivity index (χ4n) is 3.08. The fraction of sp³-hybridized carbons (Fsp3) is 0.300. The number of rotatable bonds is 6. The number of Topliss-reactive ketones (excluding diaryl/α,β-unsaturated/α-hetero) is 2. The van der Waals surface area contributed by atoms with Gasteiger partial charge in [-0.2, -0.15) is 0 Å². The first-order valence-corrected chi connectivity index (χ1v) is 9.56. The number of nitrogens with zero attached hydrogens (tertiary/aromatic N) is 2. The highest BCUT2D eigenvalue weighted by Gasteiger charge is 2.25. The van der Waals surface area contributed by atoms with Crippen LogP contribution in [0.4, 0.5) is 0 Å². The van der Waals surface area contributed by atoms with Crippen molar-refractivity contribution >= 4 is 23.3 Å². The number of carbonyl (C=O) groups excluding carboxylic acids is 2. The second kappa shape index (κ2) is 7.52. The van der Waals surface area contributed by atoms with Crippen LogP contribution in [0.25, 0.3) is 11.4 Å². The van der Waals surface area contributed by atoms with Gasteiger partial charge in [0.25, 0.3) is 0 Å². The molecule has 0 unspecified atom stereocenters. The van der Waals surface area contributed by atoms with Crippen molar-refractivity contribution in [2.24, 2.45) is 0 Å². The van der Waals surface area contributed by atoms with E-state index in [2.05, 4.69) is 20.2 Å². The van der Waals surface area contributed by atoms with Crippen molar-refractivity contribution in [3.8, 4) is 11.4 Å². The highest BCUT2D eigenvalue weighted by Crippen LogP contribution is 2.27. The van der Waals surface area contributed by atoms with Crippen LogP contribution < -0.4 is 0 Å². The van der Waals surface area contributed by atoms with E-state index in [4.69, 9.17) is 0 Å². The van der Waals surface area contributed by atoms with Gasteiger partial charge >= 0.3 is 0 Å². The molecule has 0 bridgehead atoms. The molecule has 2 heterocycles. The van der Waals surface area contributed by atoms with Crippen molar-refractivity contribution in [3.63, 3.8) is 0 Å². The molecule has 0 aliphatic carbocycles. The van der Waals surface area contributed by atoms with Crippen molar-refractivity contribution in [1.82, 2.24) is 20.2 Å². The van der Waals surface area contributed by atoms with Crippen molar-refractivity contribution in [2.45, 2.75) is 45.0 Å². The number of aromatic nitrogens is 4. The quantitative estimate of drug-likeness (QED) is 0.490. The SMILES string of the molecule is CC(=O)c1c(C)[nH]c(C(=O)[C@H](C)Sc2n[nH]c(-c3ccc(C)cc3)n2)c1C. The van der Waals surface area contributed by atoms with Crippen LogP contribution in [0, 0.1) is 20.8 Å². The van der Waals surface area contributed by atoms with Crippen molar-refractivity contribution in [1.29, 1.82) is 0 Å². The lowest BCUT2D eigenvalue weighted by Crippen LogP contribution is -2.15. The maximum absolute atomic E-state index is 12.8. The molecule has 3 aromatic rings. The topological polar surface area (TPSA) is 91.5 Å². The van der Waals surface area contributed by atoms with E-state index < -0.39 is 0 Å². The van der Waals surface area contributed by atoms with E-state index >= 15 is 0 Å². The molecule has 0 fully saturated rings. The Morgan fingerprint density at radius 1 is 1.11 bits per heavy atom. The third-order valence-corrected chi connectivity index (χ3v) is 5.44. The molecule has 1 aromatic carbocycles. The van der Waals surface area contributed by atoms with Crippen LogP contribution in [0.15, 0.2) is 29.4 Å². The molecule has 0 spiro atoms. The Bertz CT molecular complexity index is 1000. The van der Waals surface area contributed by atoms with E-state index in [1.54, 1.807) is 13.8 Å². The number of benzene rings is 1. The smallest absolute Gasteiger partial charge is 0.209 e. The Morgan fingerprint density at radius 3 is 2.37 bits per heavy atom. The lowest BCUT2D eigenvalue weighted by atomic mass is 10.0. The molecule has 2 N–H and O–H groups in total. The number of thioether (sulfide) groups is 1. The number of nitrogens with one attached hydrogen (secondary N) is 2. The van der Waals surface area contributed by atoms with Gasteiger partial charge in [-0.15, -0.1) is 5.10 Å². The first-order valence-electron chi connectivity index (χ1n) is 8.68. The predicted molar refractivity (Wildman–Crippen MR) is 106 cm³/mol. The average molecular weight is 382 g/mol. The summed E-state index contributed by atoms with van der Waals surface area (Å²) in [6.45, 7) is 8.96. The highest BCUT2D eigenvalue weighted by atomic mass is 32.2. The highest BCUT2D eigenvalue weighted by molar-refractivity contribution is 8.00. The minimum atomic E-state index is -0.386. The van der Waals surface area contributed by atoms with Crippen LogP contribution in [0.2, 0.25) is 0 Å². The molecule has 140 valence electrons. The number of hydrogen-bond acceptors (Lipinski definition) is 5. The van der Waals surface area contributed by atoms with Crippen LogP contribution in [-0.4, -0.2) is 37.0 Å². The van der Waals surface area contributed by atoms with Crippen molar-refractivity contribution in [3.05, 3.63) is 52.3 Å². The zero-order chi connectivity index (χ0) is 19.7. The number of hydrogen-bond donors (Lipinski definition) is 2. The molecule has 0 amide bonds. The molecule has 0 saturated heterocycles. The first kappa shape index (κ1) is 19.1. The van der Waals surface area contributed by atoms with Gasteiger partial charge in [0.05, 0.1) is 10.9 Å². The monoisotopic (exact) mass is 382 g/mol. The van der Waals surface area contributed by atoms with E-state index in [1.165, 1.54) is 24.2 Å². The van der Waals surface area contributed by atoms with Gasteiger partial charge in [0.1, 0.15) is 0 Å². The molecular formula is C20H22N4O2S. The van der Waals surface area contributed by atoms with Crippen LogP contribution in [0.3, 0.4) is 0 Å². The summed E-state index contributed by atoms with van der Waals surface area (Å²) in [5, 5.41) is 7.26. The zero-order valence-corrected chi connectivity index (χ0v) is 16.8. The van der Waals surface area contributed by atoms with E-state index in [9.17, 15) is 9.59 Å². The van der Waals surface area contributed by atoms with Gasteiger partial charge in [0, 0.05) is 16.8 Å². The second-order valence-corrected chi connectivity index (χ2v) is 7.95. The average Bonchev–Trinajstić information content (AvgIpc) is 3.19. The van der Waals surface area contributed by atoms with Gasteiger partial charge in [-0.25, -0.2) is 4.98 Å². The van der Waals surface area contributed by atoms with Gasteiger partial charge in [0.15, 0.2) is 17.4 Å². The molecule has 0 aliphatic heterocycles. The molecule has 3 rings (SSSR count). The molecule has 7 heteroatoms. The molecule has 2 aromatic heterocycles. The first-order chi connectivity index (χ1) is 12.8. The second-order valence-electron chi connectivity index (χ2n) is 6.64. The Labute approximate surface area is 162 Å². The lowest BCUT2D eigenvalue weighted by molar-refractivity contribution is 0.0988. The number of aryl methyl sites for hydroxylation is 2. The van der Waals surface area contributed by atoms with Crippen LogP contribution in [-0.2, 0) is 0 Å². The summed E-state index contributed by atoms with van der Waals surface area (Å²) in [6.07, 6.45) is 0. The van der Waals surface area contributed by atoms with Gasteiger partial charge in [0.2, 0.25) is 5.16 Å². The summed E-state index contributed by atoms with van der Waals surface area (Å²) >= 11 is 1.29. The molecule has 1 atom stereocenters. The standard InChI is InChI=1S/C20H22N4O2S/c1-10-6-8-15(9-7-10)19-22-20(24-23-19)27-14(5)18(26)17-11(2)16(13(4)25)12(3)21-17/h6-9,14,21H,1-5H3,(H,22,23,24)/t14-/m0/s1. The van der Waals surface area contributed by atoms with E-state index in [-0.39, 0.29) is 16.8 Å². The number of aromatic amines is 2. The van der Waals surface area contributed by atoms with E-state index in [1.807, 2.05) is 38.1 Å². The van der Waals surface area contributed by atoms with Crippen LogP contribution in [0.1, 0.15) is 51.5 Å². The number of carbonyl (C=O) groups is 2. The van der Waals surface area contributed by atoms with Gasteiger partial charge in [-0.3, -0.25) is 14.7 Å². The van der Waals surface area contributed by atoms with Gasteiger partial charge in [-0.05, 0) is 40.2 Å². The molecule has 0 aliphatic rings. The van der Waals surface area contributed by atoms with Crippen LogP contribution in [0.5, 0.6) is 0 Å². The molecule has 0 radical (unpaired) electrons. The molecular weight excluding hydrogens is 360 g/mol.